The van der Waals surface area contributed by atoms with E-state index in [0.717, 1.165) is 22.4 Å². The normalized spacial score (nSPS) is 13.4. The highest BCUT2D eigenvalue weighted by atomic mass is 35.5. The van der Waals surface area contributed by atoms with E-state index in [9.17, 15) is 9.18 Å². The molecule has 0 aliphatic heterocycles. The van der Waals surface area contributed by atoms with Gasteiger partial charge in [0, 0.05) is 11.4 Å². The topological polar surface area (TPSA) is 17.1 Å². The van der Waals surface area contributed by atoms with E-state index in [4.69, 9.17) is 11.6 Å². The number of aldehydes is 1. The SMILES string of the molecule is CCC1=C(c2ccccc2Cl)CCC1.Cc1cc(C)c(CCC=O)cc1F. The van der Waals surface area contributed by atoms with E-state index in [1.165, 1.54) is 42.9 Å². The number of carbonyl (C=O) groups is 1. The van der Waals surface area contributed by atoms with Gasteiger partial charge in [-0.1, -0.05) is 48.4 Å². The molecule has 0 saturated carbocycles. The first kappa shape index (κ1) is 21.4. The molecule has 1 aliphatic rings. The molecule has 2 aromatic rings. The highest BCUT2D eigenvalue weighted by molar-refractivity contribution is 6.32. The molecule has 1 aliphatic carbocycles. The van der Waals surface area contributed by atoms with Crippen molar-refractivity contribution in [3.8, 4) is 0 Å². The van der Waals surface area contributed by atoms with E-state index in [2.05, 4.69) is 19.1 Å². The summed E-state index contributed by atoms with van der Waals surface area (Å²) in [5.74, 6) is -0.188. The van der Waals surface area contributed by atoms with Gasteiger partial charge in [-0.15, -0.1) is 0 Å². The molecule has 0 bridgehead atoms. The van der Waals surface area contributed by atoms with Gasteiger partial charge >= 0.3 is 0 Å². The first-order valence-corrected chi connectivity index (χ1v) is 10.0. The minimum absolute atomic E-state index is 0.188. The van der Waals surface area contributed by atoms with Crippen LogP contribution >= 0.6 is 11.6 Å². The van der Waals surface area contributed by atoms with Crippen LogP contribution in [-0.4, -0.2) is 6.29 Å². The van der Waals surface area contributed by atoms with Crippen molar-refractivity contribution in [2.45, 2.75) is 59.3 Å². The molecule has 0 unspecified atom stereocenters. The first-order valence-electron chi connectivity index (χ1n) is 9.63. The second-order valence-electron chi connectivity index (χ2n) is 7.00. The number of hydrogen-bond acceptors (Lipinski definition) is 1. The van der Waals surface area contributed by atoms with Crippen LogP contribution in [0.1, 0.15) is 61.3 Å². The van der Waals surface area contributed by atoms with E-state index in [1.807, 2.05) is 25.1 Å². The third-order valence-corrected chi connectivity index (χ3v) is 5.44. The standard InChI is InChI=1S/C13H15Cl.C11H13FO/c1-2-10-6-5-8-11(10)12-7-3-4-9-13(12)14;1-8-6-9(2)11(12)7-10(8)4-3-5-13/h3-4,7,9H,2,5-6,8H2,1H3;5-7H,3-4H2,1-2H3. The molecule has 0 aromatic heterocycles. The summed E-state index contributed by atoms with van der Waals surface area (Å²) in [6, 6.07) is 11.5. The zero-order chi connectivity index (χ0) is 19.8. The van der Waals surface area contributed by atoms with Crippen LogP contribution in [0, 0.1) is 19.7 Å². The average Bonchev–Trinajstić information content (AvgIpc) is 3.13. The van der Waals surface area contributed by atoms with Crippen LogP contribution in [0.25, 0.3) is 5.57 Å². The Labute approximate surface area is 167 Å². The Bertz CT molecular complexity index is 823. The van der Waals surface area contributed by atoms with Gasteiger partial charge < -0.3 is 4.79 Å². The Balaban J connectivity index is 0.000000194. The third-order valence-electron chi connectivity index (χ3n) is 5.11. The van der Waals surface area contributed by atoms with Gasteiger partial charge in [0.1, 0.15) is 12.1 Å². The molecule has 0 radical (unpaired) electrons. The second kappa shape index (κ2) is 10.4. The Morgan fingerprint density at radius 1 is 1.11 bits per heavy atom. The van der Waals surface area contributed by atoms with Crippen molar-refractivity contribution in [1.82, 2.24) is 0 Å². The predicted octanol–water partition coefficient (Wildman–Crippen LogP) is 7.26. The molecular weight excluding hydrogens is 359 g/mol. The van der Waals surface area contributed by atoms with Gasteiger partial charge in [-0.3, -0.25) is 0 Å². The predicted molar refractivity (Wildman–Crippen MR) is 113 cm³/mol. The summed E-state index contributed by atoms with van der Waals surface area (Å²) in [4.78, 5) is 10.1. The number of aryl methyl sites for hydroxylation is 3. The molecule has 0 N–H and O–H groups in total. The molecule has 27 heavy (non-hydrogen) atoms. The van der Waals surface area contributed by atoms with Crippen molar-refractivity contribution in [3.63, 3.8) is 0 Å². The fourth-order valence-corrected chi connectivity index (χ4v) is 3.83. The number of hydrogen-bond donors (Lipinski definition) is 0. The van der Waals surface area contributed by atoms with Crippen LogP contribution in [0.15, 0.2) is 42.0 Å². The number of rotatable bonds is 5. The van der Waals surface area contributed by atoms with Crippen LogP contribution < -0.4 is 0 Å². The fraction of sp³-hybridized carbons (Fsp3) is 0.375. The van der Waals surface area contributed by atoms with Gasteiger partial charge in [0.25, 0.3) is 0 Å². The molecule has 0 spiro atoms. The van der Waals surface area contributed by atoms with Gasteiger partial charge in [0.15, 0.2) is 0 Å². The molecule has 144 valence electrons. The highest BCUT2D eigenvalue weighted by Gasteiger charge is 2.16. The molecule has 3 heteroatoms. The molecule has 0 fully saturated rings. The van der Waals surface area contributed by atoms with Crippen LogP contribution in [0.3, 0.4) is 0 Å². The zero-order valence-electron chi connectivity index (χ0n) is 16.4. The van der Waals surface area contributed by atoms with E-state index in [-0.39, 0.29) is 5.82 Å². The lowest BCUT2D eigenvalue weighted by molar-refractivity contribution is -0.107. The summed E-state index contributed by atoms with van der Waals surface area (Å²) in [7, 11) is 0. The first-order chi connectivity index (χ1) is 13.0. The largest absolute Gasteiger partial charge is 0.303 e. The van der Waals surface area contributed by atoms with Crippen LogP contribution in [0.4, 0.5) is 4.39 Å². The van der Waals surface area contributed by atoms with Crippen molar-refractivity contribution < 1.29 is 9.18 Å². The van der Waals surface area contributed by atoms with Gasteiger partial charge in [0.2, 0.25) is 0 Å². The van der Waals surface area contributed by atoms with Crippen molar-refractivity contribution in [3.05, 3.63) is 75.1 Å². The van der Waals surface area contributed by atoms with Crippen LogP contribution in [0.2, 0.25) is 5.02 Å². The third kappa shape index (κ3) is 5.77. The number of carbonyl (C=O) groups excluding carboxylic acids is 1. The maximum absolute atomic E-state index is 13.1. The van der Waals surface area contributed by atoms with Crippen molar-refractivity contribution in [2.24, 2.45) is 0 Å². The summed E-state index contributed by atoms with van der Waals surface area (Å²) in [6.07, 6.45) is 6.88. The smallest absolute Gasteiger partial charge is 0.126 e. The van der Waals surface area contributed by atoms with Crippen molar-refractivity contribution in [1.29, 1.82) is 0 Å². The number of benzene rings is 2. The van der Waals surface area contributed by atoms with Gasteiger partial charge in [0.05, 0.1) is 0 Å². The molecule has 0 atom stereocenters. The molecule has 0 heterocycles. The molecule has 0 saturated heterocycles. The van der Waals surface area contributed by atoms with Crippen LogP contribution in [-0.2, 0) is 11.2 Å². The lowest BCUT2D eigenvalue weighted by Crippen LogP contribution is -1.94. The molecule has 0 amide bonds. The van der Waals surface area contributed by atoms with Gasteiger partial charge in [-0.2, -0.15) is 0 Å². The van der Waals surface area contributed by atoms with Crippen LogP contribution in [0.5, 0.6) is 0 Å². The summed E-state index contributed by atoms with van der Waals surface area (Å²) in [5, 5.41) is 0.898. The van der Waals surface area contributed by atoms with Crippen molar-refractivity contribution >= 4 is 23.5 Å². The maximum Gasteiger partial charge on any atom is 0.126 e. The van der Waals surface area contributed by atoms with E-state index >= 15 is 0 Å². The lowest BCUT2D eigenvalue weighted by atomic mass is 10.0. The average molecular weight is 387 g/mol. The summed E-state index contributed by atoms with van der Waals surface area (Å²) in [5.41, 5.74) is 6.99. The monoisotopic (exact) mass is 386 g/mol. The second-order valence-corrected chi connectivity index (χ2v) is 7.41. The quantitative estimate of drug-likeness (QED) is 0.494. The molecule has 2 aromatic carbocycles. The summed E-state index contributed by atoms with van der Waals surface area (Å²) in [6.45, 7) is 5.91. The van der Waals surface area contributed by atoms with Gasteiger partial charge in [-0.05, 0) is 85.9 Å². The molecule has 1 nitrogen and oxygen atoms in total. The lowest BCUT2D eigenvalue weighted by Gasteiger charge is -2.07. The highest BCUT2D eigenvalue weighted by Crippen LogP contribution is 2.38. The number of halogens is 2. The Morgan fingerprint density at radius 3 is 2.52 bits per heavy atom. The van der Waals surface area contributed by atoms with Gasteiger partial charge in [-0.25, -0.2) is 4.39 Å². The Kier molecular flexibility index (Phi) is 8.24. The minimum atomic E-state index is -0.188. The fourth-order valence-electron chi connectivity index (χ4n) is 3.58. The van der Waals surface area contributed by atoms with Crippen molar-refractivity contribution in [2.75, 3.05) is 0 Å². The molecular formula is C24H28ClFO. The minimum Gasteiger partial charge on any atom is -0.303 e. The summed E-state index contributed by atoms with van der Waals surface area (Å²) >= 11 is 6.19. The van der Waals surface area contributed by atoms with E-state index in [1.54, 1.807) is 12.5 Å². The maximum atomic E-state index is 13.1. The number of allylic oxidation sites excluding steroid dienone is 2. The van der Waals surface area contributed by atoms with E-state index in [0.29, 0.717) is 18.4 Å². The van der Waals surface area contributed by atoms with E-state index < -0.39 is 0 Å². The Morgan fingerprint density at radius 2 is 1.85 bits per heavy atom. The Hall–Kier alpha value is -1.93. The summed E-state index contributed by atoms with van der Waals surface area (Å²) < 4.78 is 13.1. The molecule has 3 rings (SSSR count). The zero-order valence-corrected chi connectivity index (χ0v) is 17.2.